The zero-order valence-electron chi connectivity index (χ0n) is 11.7. The van der Waals surface area contributed by atoms with E-state index >= 15 is 0 Å². The maximum Gasteiger partial charge on any atom is 0.433 e. The Morgan fingerprint density at radius 1 is 1.35 bits per heavy atom. The molecule has 6 heteroatoms. The number of hydrogen-bond donors (Lipinski definition) is 1. The highest BCUT2D eigenvalue weighted by Gasteiger charge is 2.13. The van der Waals surface area contributed by atoms with Crippen LogP contribution in [0.5, 0.6) is 0 Å². The highest BCUT2D eigenvalue weighted by Crippen LogP contribution is 2.20. The second-order valence-electron chi connectivity index (χ2n) is 5.16. The van der Waals surface area contributed by atoms with Gasteiger partial charge in [0.15, 0.2) is 0 Å². The van der Waals surface area contributed by atoms with E-state index in [2.05, 4.69) is 5.32 Å². The van der Waals surface area contributed by atoms with Gasteiger partial charge in [0.05, 0.1) is 18.7 Å². The Morgan fingerprint density at radius 3 is 2.85 bits per heavy atom. The van der Waals surface area contributed by atoms with Crippen molar-refractivity contribution in [3.05, 3.63) is 28.0 Å². The first-order valence-corrected chi connectivity index (χ1v) is 7.31. The molecule has 0 unspecified atom stereocenters. The molecular formula is C14H22N2O4. The molecule has 0 bridgehead atoms. The van der Waals surface area contributed by atoms with Crippen LogP contribution in [-0.2, 0) is 11.3 Å². The molecule has 20 heavy (non-hydrogen) atoms. The Morgan fingerprint density at radius 2 is 2.15 bits per heavy atom. The molecule has 0 saturated heterocycles. The summed E-state index contributed by atoms with van der Waals surface area (Å²) in [6.45, 7) is 2.11. The normalized spacial score (nSPS) is 16.4. The van der Waals surface area contributed by atoms with Crippen molar-refractivity contribution in [1.82, 2.24) is 5.32 Å². The third-order valence-corrected chi connectivity index (χ3v) is 3.53. The van der Waals surface area contributed by atoms with Crippen molar-refractivity contribution in [2.24, 2.45) is 0 Å². The maximum atomic E-state index is 10.5. The van der Waals surface area contributed by atoms with Crippen LogP contribution < -0.4 is 5.32 Å². The van der Waals surface area contributed by atoms with E-state index in [0.717, 1.165) is 19.6 Å². The van der Waals surface area contributed by atoms with Gasteiger partial charge in [-0.1, -0.05) is 19.3 Å². The molecule has 0 spiro atoms. The molecule has 1 fully saturated rings. The molecule has 0 aliphatic heterocycles. The Kier molecular flexibility index (Phi) is 6.01. The van der Waals surface area contributed by atoms with Gasteiger partial charge in [0.25, 0.3) is 0 Å². The quantitative estimate of drug-likeness (QED) is 0.450. The molecule has 0 amide bonds. The second-order valence-corrected chi connectivity index (χ2v) is 5.16. The van der Waals surface area contributed by atoms with Crippen LogP contribution in [0.1, 0.15) is 44.3 Å². The number of rotatable bonds is 8. The van der Waals surface area contributed by atoms with Gasteiger partial charge in [-0.3, -0.25) is 10.1 Å². The fraction of sp³-hybridized carbons (Fsp3) is 0.714. The molecule has 0 aromatic carbocycles. The molecule has 1 aromatic rings. The van der Waals surface area contributed by atoms with Crippen molar-refractivity contribution in [3.63, 3.8) is 0 Å². The van der Waals surface area contributed by atoms with Gasteiger partial charge in [0.2, 0.25) is 0 Å². The highest BCUT2D eigenvalue weighted by molar-refractivity contribution is 5.17. The van der Waals surface area contributed by atoms with Crippen molar-refractivity contribution in [2.75, 3.05) is 13.2 Å². The number of nitro groups is 1. The van der Waals surface area contributed by atoms with Crippen molar-refractivity contribution in [1.29, 1.82) is 0 Å². The molecule has 1 aromatic heterocycles. The predicted molar refractivity (Wildman–Crippen MR) is 74.5 cm³/mol. The Hall–Kier alpha value is -1.40. The summed E-state index contributed by atoms with van der Waals surface area (Å²) in [5, 5.41) is 13.6. The van der Waals surface area contributed by atoms with Crippen LogP contribution >= 0.6 is 0 Å². The topological polar surface area (TPSA) is 77.5 Å². The molecular weight excluding hydrogens is 260 g/mol. The van der Waals surface area contributed by atoms with E-state index in [0.29, 0.717) is 18.4 Å². The minimum Gasteiger partial charge on any atom is -0.404 e. The van der Waals surface area contributed by atoms with Gasteiger partial charge in [0.1, 0.15) is 10.7 Å². The molecule has 1 saturated carbocycles. The Bertz CT molecular complexity index is 413. The lowest BCUT2D eigenvalue weighted by molar-refractivity contribution is -0.402. The van der Waals surface area contributed by atoms with Gasteiger partial charge in [-0.25, -0.2) is 0 Å². The van der Waals surface area contributed by atoms with Crippen molar-refractivity contribution < 1.29 is 14.1 Å². The number of nitrogens with one attached hydrogen (secondary N) is 1. The molecule has 6 nitrogen and oxygen atoms in total. The van der Waals surface area contributed by atoms with Gasteiger partial charge >= 0.3 is 5.88 Å². The monoisotopic (exact) mass is 282 g/mol. The smallest absolute Gasteiger partial charge is 0.404 e. The van der Waals surface area contributed by atoms with Crippen LogP contribution in [0.3, 0.4) is 0 Å². The lowest BCUT2D eigenvalue weighted by Crippen LogP contribution is -2.20. The second kappa shape index (κ2) is 8.01. The lowest BCUT2D eigenvalue weighted by Gasteiger charge is -2.21. The van der Waals surface area contributed by atoms with E-state index in [1.165, 1.54) is 38.2 Å². The summed E-state index contributed by atoms with van der Waals surface area (Å²) in [7, 11) is 0. The Labute approximate surface area is 118 Å². The third kappa shape index (κ3) is 4.94. The molecule has 1 heterocycles. The van der Waals surface area contributed by atoms with Gasteiger partial charge < -0.3 is 14.5 Å². The lowest BCUT2D eigenvalue weighted by atomic mass is 9.98. The minimum atomic E-state index is -0.526. The van der Waals surface area contributed by atoms with E-state index in [-0.39, 0.29) is 5.88 Å². The summed E-state index contributed by atoms with van der Waals surface area (Å²) < 4.78 is 10.9. The SMILES string of the molecule is O=[N+]([O-])c1ccc(CNCCCOC2CCCCC2)o1. The average Bonchev–Trinajstić information content (AvgIpc) is 2.93. The zero-order valence-corrected chi connectivity index (χ0v) is 11.7. The third-order valence-electron chi connectivity index (χ3n) is 3.53. The predicted octanol–water partition coefficient (Wildman–Crippen LogP) is 3.02. The molecule has 1 aliphatic carbocycles. The molecule has 2 rings (SSSR count). The van der Waals surface area contributed by atoms with Gasteiger partial charge in [-0.05, 0) is 31.9 Å². The fourth-order valence-electron chi connectivity index (χ4n) is 2.45. The van der Waals surface area contributed by atoms with Gasteiger partial charge in [0, 0.05) is 6.61 Å². The number of nitrogens with zero attached hydrogens (tertiary/aromatic N) is 1. The number of furan rings is 1. The summed E-state index contributed by atoms with van der Waals surface area (Å²) >= 11 is 0. The number of ether oxygens (including phenoxy) is 1. The van der Waals surface area contributed by atoms with Gasteiger partial charge in [-0.2, -0.15) is 0 Å². The summed E-state index contributed by atoms with van der Waals surface area (Å²) in [6.07, 6.45) is 7.72. The first-order valence-electron chi connectivity index (χ1n) is 7.31. The van der Waals surface area contributed by atoms with Crippen LogP contribution in [0.4, 0.5) is 5.88 Å². The molecule has 112 valence electrons. The summed E-state index contributed by atoms with van der Waals surface area (Å²) in [5.74, 6) is 0.382. The maximum absolute atomic E-state index is 10.5. The van der Waals surface area contributed by atoms with E-state index in [1.54, 1.807) is 6.07 Å². The molecule has 1 N–H and O–H groups in total. The standard InChI is InChI=1S/C14H22N2O4/c17-16(18)14-8-7-13(20-14)11-15-9-4-10-19-12-5-2-1-3-6-12/h7-8,12,15H,1-6,9-11H2. The van der Waals surface area contributed by atoms with Crippen LogP contribution in [0, 0.1) is 10.1 Å². The molecule has 1 aliphatic rings. The summed E-state index contributed by atoms with van der Waals surface area (Å²) in [4.78, 5) is 9.93. The van der Waals surface area contributed by atoms with E-state index in [4.69, 9.17) is 9.15 Å². The van der Waals surface area contributed by atoms with Crippen LogP contribution in [0.15, 0.2) is 16.5 Å². The largest absolute Gasteiger partial charge is 0.433 e. The van der Waals surface area contributed by atoms with Crippen LogP contribution in [0.25, 0.3) is 0 Å². The average molecular weight is 282 g/mol. The van der Waals surface area contributed by atoms with Crippen LogP contribution in [0.2, 0.25) is 0 Å². The summed E-state index contributed by atoms with van der Waals surface area (Å²) in [5.41, 5.74) is 0. The van der Waals surface area contributed by atoms with Crippen LogP contribution in [-0.4, -0.2) is 24.2 Å². The van der Waals surface area contributed by atoms with Gasteiger partial charge in [-0.15, -0.1) is 0 Å². The van der Waals surface area contributed by atoms with Crippen molar-refractivity contribution in [3.8, 4) is 0 Å². The minimum absolute atomic E-state index is 0.206. The summed E-state index contributed by atoms with van der Waals surface area (Å²) in [6, 6.07) is 3.01. The number of hydrogen-bond acceptors (Lipinski definition) is 5. The van der Waals surface area contributed by atoms with E-state index in [9.17, 15) is 10.1 Å². The molecule has 0 radical (unpaired) electrons. The fourth-order valence-corrected chi connectivity index (χ4v) is 2.45. The highest BCUT2D eigenvalue weighted by atomic mass is 16.6. The molecule has 0 atom stereocenters. The van der Waals surface area contributed by atoms with Crippen molar-refractivity contribution >= 4 is 5.88 Å². The zero-order chi connectivity index (χ0) is 14.2. The Balaban J connectivity index is 1.51. The first kappa shape index (κ1) is 15.0. The van der Waals surface area contributed by atoms with E-state index in [1.807, 2.05) is 0 Å². The van der Waals surface area contributed by atoms with E-state index < -0.39 is 4.92 Å². The van der Waals surface area contributed by atoms with Crippen molar-refractivity contribution in [2.45, 2.75) is 51.2 Å². The first-order chi connectivity index (χ1) is 9.75.